The molecule has 1 aliphatic rings. The van der Waals surface area contributed by atoms with Crippen LogP contribution in [0, 0.1) is 0 Å². The van der Waals surface area contributed by atoms with Crippen molar-refractivity contribution >= 4 is 29.6 Å². The van der Waals surface area contributed by atoms with Gasteiger partial charge in [0.25, 0.3) is 11.8 Å². The Hall–Kier alpha value is -2.87. The maximum absolute atomic E-state index is 11.8. The summed E-state index contributed by atoms with van der Waals surface area (Å²) in [4.78, 5) is 58.2. The standard InChI is InChI=1S/C24H40N4O9/c25-19(24(33)34)6-3-4-10-26-21(30)18-37-17-16-36-15-14-35-13-11-27-20(29)7-2-1-5-12-28-22(31)8-9-23(28)32/h8-9,19H,1-7,10-18,25H2,(H,26,30)(H,27,29)(H,33,34)/p+1. The molecule has 0 saturated carbocycles. The van der Waals surface area contributed by atoms with Crippen LogP contribution in [-0.2, 0) is 38.2 Å². The zero-order valence-electron chi connectivity index (χ0n) is 21.3. The molecule has 0 aromatic carbocycles. The normalized spacial score (nSPS) is 13.7. The minimum atomic E-state index is -0.775. The van der Waals surface area contributed by atoms with Crippen molar-refractivity contribution in [2.75, 3.05) is 59.3 Å². The summed E-state index contributed by atoms with van der Waals surface area (Å²) in [7, 11) is 0. The number of carbonyl (C=O) groups excluding carboxylic acids is 5. The first-order valence-corrected chi connectivity index (χ1v) is 12.6. The number of carbonyl (C=O) groups is 5. The summed E-state index contributed by atoms with van der Waals surface area (Å²) in [6.45, 7) is 2.85. The monoisotopic (exact) mass is 529 g/mol. The van der Waals surface area contributed by atoms with Gasteiger partial charge >= 0.3 is 5.97 Å². The van der Waals surface area contributed by atoms with E-state index in [1.165, 1.54) is 17.1 Å². The Balaban J connectivity index is 1.80. The van der Waals surface area contributed by atoms with Gasteiger partial charge < -0.3 is 35.7 Å². The molecule has 1 rings (SSSR count). The van der Waals surface area contributed by atoms with Crippen LogP contribution in [0.2, 0.25) is 0 Å². The van der Waals surface area contributed by atoms with Crippen molar-refractivity contribution in [2.45, 2.75) is 51.0 Å². The first-order valence-electron chi connectivity index (χ1n) is 12.6. The van der Waals surface area contributed by atoms with E-state index in [9.17, 15) is 24.0 Å². The molecule has 0 radical (unpaired) electrons. The molecule has 6 N–H and O–H groups in total. The lowest BCUT2D eigenvalue weighted by Crippen LogP contribution is -2.31. The van der Waals surface area contributed by atoms with Crippen molar-refractivity contribution in [3.8, 4) is 0 Å². The number of hydrogen-bond acceptors (Lipinski definition) is 9. The van der Waals surface area contributed by atoms with E-state index in [1.54, 1.807) is 0 Å². The van der Waals surface area contributed by atoms with E-state index in [0.717, 1.165) is 6.42 Å². The maximum atomic E-state index is 11.8. The molecule has 0 saturated heterocycles. The van der Waals surface area contributed by atoms with Crippen LogP contribution in [-0.4, -0.2) is 105 Å². The van der Waals surface area contributed by atoms with Crippen LogP contribution < -0.4 is 16.4 Å². The van der Waals surface area contributed by atoms with E-state index in [4.69, 9.17) is 25.1 Å². The molecule has 1 unspecified atom stereocenters. The summed E-state index contributed by atoms with van der Waals surface area (Å²) < 4.78 is 16.0. The Labute approximate surface area is 217 Å². The van der Waals surface area contributed by atoms with Crippen LogP contribution in [0.15, 0.2) is 12.2 Å². The van der Waals surface area contributed by atoms with Crippen molar-refractivity contribution < 1.29 is 43.3 Å². The largest absolute Gasteiger partial charge is 0.564 e. The molecule has 0 aliphatic carbocycles. The molecule has 1 aliphatic heterocycles. The van der Waals surface area contributed by atoms with Crippen LogP contribution in [0.1, 0.15) is 44.9 Å². The third-order valence-electron chi connectivity index (χ3n) is 5.33. The number of ether oxygens (including phenoxy) is 3. The number of imide groups is 1. The zero-order chi connectivity index (χ0) is 27.3. The third-order valence-corrected chi connectivity index (χ3v) is 5.33. The Morgan fingerprint density at radius 2 is 1.43 bits per heavy atom. The van der Waals surface area contributed by atoms with Crippen LogP contribution >= 0.6 is 0 Å². The fourth-order valence-electron chi connectivity index (χ4n) is 3.24. The van der Waals surface area contributed by atoms with Gasteiger partial charge in [-0.1, -0.05) is 6.42 Å². The summed E-state index contributed by atoms with van der Waals surface area (Å²) in [5, 5.41) is 12.4. The molecule has 0 spiro atoms. The van der Waals surface area contributed by atoms with Gasteiger partial charge in [0.2, 0.25) is 11.8 Å². The van der Waals surface area contributed by atoms with E-state index >= 15 is 0 Å². The highest BCUT2D eigenvalue weighted by molar-refractivity contribution is 6.12. The second-order valence-corrected chi connectivity index (χ2v) is 8.42. The molecule has 0 fully saturated rings. The van der Waals surface area contributed by atoms with E-state index < -0.39 is 12.0 Å². The number of hydrogen-bond donors (Lipinski definition) is 3. The van der Waals surface area contributed by atoms with Crippen molar-refractivity contribution in [1.82, 2.24) is 15.5 Å². The molecule has 13 heteroatoms. The van der Waals surface area contributed by atoms with Gasteiger partial charge in [-0.25, -0.2) is 0 Å². The van der Waals surface area contributed by atoms with Crippen molar-refractivity contribution in [3.05, 3.63) is 12.2 Å². The average molecular weight is 530 g/mol. The minimum absolute atomic E-state index is 0.0686. The molecule has 0 aromatic rings. The lowest BCUT2D eigenvalue weighted by atomic mass is 10.1. The molecule has 0 bridgehead atoms. The minimum Gasteiger partial charge on any atom is -0.564 e. The van der Waals surface area contributed by atoms with Gasteiger partial charge in [0.1, 0.15) is 6.61 Å². The Kier molecular flexibility index (Phi) is 17.6. The second-order valence-electron chi connectivity index (χ2n) is 8.42. The lowest BCUT2D eigenvalue weighted by molar-refractivity contribution is -0.139. The Bertz CT molecular complexity index is 743. The van der Waals surface area contributed by atoms with Gasteiger partial charge in [0.05, 0.1) is 33.0 Å². The highest BCUT2D eigenvalue weighted by Crippen LogP contribution is 2.07. The molecule has 13 nitrogen and oxygen atoms in total. The fourth-order valence-corrected chi connectivity index (χ4v) is 3.24. The van der Waals surface area contributed by atoms with E-state index in [2.05, 4.69) is 10.6 Å². The Morgan fingerprint density at radius 1 is 0.811 bits per heavy atom. The summed E-state index contributed by atoms with van der Waals surface area (Å²) in [6, 6.07) is -0.759. The summed E-state index contributed by atoms with van der Waals surface area (Å²) in [5.41, 5.74) is 5.46. The van der Waals surface area contributed by atoms with Crippen LogP contribution in [0.5, 0.6) is 0 Å². The predicted octanol–water partition coefficient (Wildman–Crippen LogP) is -1.50. The van der Waals surface area contributed by atoms with Crippen LogP contribution in [0.25, 0.3) is 0 Å². The van der Waals surface area contributed by atoms with Crippen molar-refractivity contribution in [3.63, 3.8) is 0 Å². The van der Waals surface area contributed by atoms with Crippen LogP contribution in [0.4, 0.5) is 0 Å². The zero-order valence-corrected chi connectivity index (χ0v) is 21.3. The highest BCUT2D eigenvalue weighted by Gasteiger charge is 2.22. The molecular weight excluding hydrogens is 488 g/mol. The topological polar surface area (TPSA) is 189 Å². The third kappa shape index (κ3) is 16.5. The van der Waals surface area contributed by atoms with Crippen LogP contribution in [0.3, 0.4) is 0 Å². The molecule has 4 amide bonds. The molecular formula is C24H41N4O9+. The van der Waals surface area contributed by atoms with Gasteiger partial charge in [0.15, 0.2) is 6.04 Å². The van der Waals surface area contributed by atoms with E-state index in [0.29, 0.717) is 84.6 Å². The number of nitrogens with one attached hydrogen (secondary N) is 2. The van der Waals surface area contributed by atoms with Gasteiger partial charge in [-0.15, -0.1) is 0 Å². The SMILES string of the molecule is NC(CCCCNC(=O)COCCOCCOCCNC(=O)CCCCCN1C(=O)C=CC1=O)C(=O)[OH2+]. The Morgan fingerprint density at radius 3 is 2.11 bits per heavy atom. The first kappa shape index (κ1) is 32.2. The molecule has 1 heterocycles. The second kappa shape index (κ2) is 20.2. The molecule has 1 atom stereocenters. The first-order chi connectivity index (χ1) is 17.8. The number of unbranched alkanes of at least 4 members (excludes halogenated alkanes) is 3. The maximum Gasteiger partial charge on any atom is 0.532 e. The highest BCUT2D eigenvalue weighted by atomic mass is 16.5. The molecule has 37 heavy (non-hydrogen) atoms. The van der Waals surface area contributed by atoms with Gasteiger partial charge in [0, 0.05) is 43.0 Å². The number of nitrogens with zero attached hydrogens (tertiary/aromatic N) is 1. The molecule has 210 valence electrons. The fraction of sp³-hybridized carbons (Fsp3) is 0.708. The number of nitrogens with two attached hydrogens (primary N) is 1. The number of amides is 4. The smallest absolute Gasteiger partial charge is 0.532 e. The molecule has 0 aromatic heterocycles. The summed E-state index contributed by atoms with van der Waals surface area (Å²) >= 11 is 0. The van der Waals surface area contributed by atoms with Gasteiger partial charge in [-0.2, -0.15) is 0 Å². The summed E-state index contributed by atoms with van der Waals surface area (Å²) in [5.74, 6) is -1.65. The van der Waals surface area contributed by atoms with Gasteiger partial charge in [-0.3, -0.25) is 24.1 Å². The number of rotatable bonds is 23. The van der Waals surface area contributed by atoms with E-state index in [1.807, 2.05) is 0 Å². The summed E-state index contributed by atoms with van der Waals surface area (Å²) in [6.07, 6.45) is 6.77. The predicted molar refractivity (Wildman–Crippen MR) is 133 cm³/mol. The quantitative estimate of drug-likeness (QED) is 0.0803. The van der Waals surface area contributed by atoms with E-state index in [-0.39, 0.29) is 36.8 Å². The average Bonchev–Trinajstić information content (AvgIpc) is 3.18. The van der Waals surface area contributed by atoms with Crippen molar-refractivity contribution in [2.24, 2.45) is 5.73 Å². The lowest BCUT2D eigenvalue weighted by Gasteiger charge is -2.13. The van der Waals surface area contributed by atoms with Gasteiger partial charge in [-0.05, 0) is 32.1 Å². The van der Waals surface area contributed by atoms with Crippen molar-refractivity contribution in [1.29, 1.82) is 0 Å².